The van der Waals surface area contributed by atoms with E-state index in [4.69, 9.17) is 5.26 Å². The van der Waals surface area contributed by atoms with Crippen LogP contribution in [0.2, 0.25) is 0 Å². The molecule has 0 aliphatic rings. The number of rotatable bonds is 2. The van der Waals surface area contributed by atoms with Gasteiger partial charge in [0, 0.05) is 12.4 Å². The molecule has 92 valence electrons. The summed E-state index contributed by atoms with van der Waals surface area (Å²) >= 11 is 0. The Morgan fingerprint density at radius 2 is 2.11 bits per heavy atom. The van der Waals surface area contributed by atoms with Crippen molar-refractivity contribution in [3.8, 4) is 17.5 Å². The number of nitriles is 1. The summed E-state index contributed by atoms with van der Waals surface area (Å²) in [4.78, 5) is 10.2. The lowest BCUT2D eigenvalue weighted by atomic mass is 10.2. The maximum Gasteiger partial charge on any atom is 0.396 e. The molecular weight excluding hydrogens is 245 g/mol. The number of aromatic amines is 1. The second-order valence-electron chi connectivity index (χ2n) is 3.57. The van der Waals surface area contributed by atoms with Gasteiger partial charge in [0.25, 0.3) is 0 Å². The molecular formula is C11H7F3N4. The zero-order valence-electron chi connectivity index (χ0n) is 8.99. The third-order valence-electron chi connectivity index (χ3n) is 2.15. The van der Waals surface area contributed by atoms with Crippen molar-refractivity contribution in [2.75, 3.05) is 0 Å². The minimum atomic E-state index is -4.31. The second kappa shape index (κ2) is 4.49. The van der Waals surface area contributed by atoms with Crippen LogP contribution in [0.4, 0.5) is 13.2 Å². The number of imidazole rings is 1. The summed E-state index contributed by atoms with van der Waals surface area (Å²) in [5, 5.41) is 8.71. The Morgan fingerprint density at radius 1 is 1.33 bits per heavy atom. The fourth-order valence-electron chi connectivity index (χ4n) is 1.41. The van der Waals surface area contributed by atoms with Crippen LogP contribution in [0.15, 0.2) is 24.5 Å². The molecule has 0 unspecified atom stereocenters. The van der Waals surface area contributed by atoms with E-state index in [0.717, 1.165) is 0 Å². The summed E-state index contributed by atoms with van der Waals surface area (Å²) in [5.41, 5.74) is 1.02. The average Bonchev–Trinajstić information content (AvgIpc) is 2.75. The van der Waals surface area contributed by atoms with E-state index in [1.165, 1.54) is 24.5 Å². The molecule has 0 aromatic carbocycles. The van der Waals surface area contributed by atoms with E-state index in [1.807, 2.05) is 6.07 Å². The zero-order valence-corrected chi connectivity index (χ0v) is 8.99. The Bertz CT molecular complexity index is 595. The molecule has 0 amide bonds. The lowest BCUT2D eigenvalue weighted by molar-refractivity contribution is -0.128. The van der Waals surface area contributed by atoms with E-state index in [0.29, 0.717) is 11.3 Å². The Kier molecular flexibility index (Phi) is 3.02. The fraction of sp³-hybridized carbons (Fsp3) is 0.182. The summed E-state index contributed by atoms with van der Waals surface area (Å²) in [6.45, 7) is 0. The number of pyridine rings is 1. The normalized spacial score (nSPS) is 11.2. The summed E-state index contributed by atoms with van der Waals surface area (Å²) in [5.74, 6) is -0.179. The molecule has 0 spiro atoms. The highest BCUT2D eigenvalue weighted by molar-refractivity contribution is 5.55. The van der Waals surface area contributed by atoms with E-state index in [2.05, 4.69) is 15.0 Å². The van der Waals surface area contributed by atoms with Gasteiger partial charge in [0.2, 0.25) is 0 Å². The van der Waals surface area contributed by atoms with Gasteiger partial charge >= 0.3 is 6.18 Å². The molecule has 2 rings (SSSR count). The fourth-order valence-corrected chi connectivity index (χ4v) is 1.41. The Morgan fingerprint density at radius 3 is 2.78 bits per heavy atom. The highest BCUT2D eigenvalue weighted by Gasteiger charge is 2.29. The van der Waals surface area contributed by atoms with Gasteiger partial charge in [-0.15, -0.1) is 0 Å². The molecule has 2 aromatic rings. The summed E-state index contributed by atoms with van der Waals surface area (Å²) < 4.78 is 36.5. The van der Waals surface area contributed by atoms with Gasteiger partial charge in [-0.25, -0.2) is 4.98 Å². The third kappa shape index (κ3) is 2.85. The van der Waals surface area contributed by atoms with Crippen LogP contribution >= 0.6 is 0 Å². The van der Waals surface area contributed by atoms with Crippen LogP contribution < -0.4 is 0 Å². The van der Waals surface area contributed by atoms with Gasteiger partial charge in [-0.05, 0) is 12.1 Å². The predicted octanol–water partition coefficient (Wildman–Crippen LogP) is 2.45. The SMILES string of the molecule is N#Cc1ccnc(-c2c[nH]c(CC(F)(F)F)n2)c1. The number of nitrogens with zero attached hydrogens (tertiary/aromatic N) is 3. The minimum Gasteiger partial charge on any atom is -0.348 e. The van der Waals surface area contributed by atoms with Crippen molar-refractivity contribution in [2.45, 2.75) is 12.6 Å². The Labute approximate surface area is 100 Å². The molecule has 0 radical (unpaired) electrons. The van der Waals surface area contributed by atoms with Gasteiger partial charge in [-0.2, -0.15) is 18.4 Å². The maximum absolute atomic E-state index is 12.2. The quantitative estimate of drug-likeness (QED) is 0.892. The van der Waals surface area contributed by atoms with Crippen molar-refractivity contribution >= 4 is 0 Å². The van der Waals surface area contributed by atoms with E-state index in [1.54, 1.807) is 0 Å². The monoisotopic (exact) mass is 252 g/mol. The molecule has 4 nitrogen and oxygen atoms in total. The maximum atomic E-state index is 12.2. The lowest BCUT2D eigenvalue weighted by Gasteiger charge is -2.01. The lowest BCUT2D eigenvalue weighted by Crippen LogP contribution is -2.12. The van der Waals surface area contributed by atoms with E-state index < -0.39 is 12.6 Å². The molecule has 0 saturated heterocycles. The molecule has 7 heteroatoms. The van der Waals surface area contributed by atoms with Crippen LogP contribution in [0.25, 0.3) is 11.4 Å². The van der Waals surface area contributed by atoms with Gasteiger partial charge in [-0.3, -0.25) is 4.98 Å². The molecule has 0 saturated carbocycles. The number of nitrogens with one attached hydrogen (secondary N) is 1. The largest absolute Gasteiger partial charge is 0.396 e. The summed E-state index contributed by atoms with van der Waals surface area (Å²) in [6.07, 6.45) is -2.68. The van der Waals surface area contributed by atoms with Crippen LogP contribution in [0, 0.1) is 11.3 Å². The van der Waals surface area contributed by atoms with Crippen molar-refractivity contribution in [2.24, 2.45) is 0 Å². The molecule has 18 heavy (non-hydrogen) atoms. The zero-order chi connectivity index (χ0) is 13.2. The number of hydrogen-bond donors (Lipinski definition) is 1. The van der Waals surface area contributed by atoms with E-state index >= 15 is 0 Å². The molecule has 2 aromatic heterocycles. The molecule has 2 heterocycles. The van der Waals surface area contributed by atoms with Gasteiger partial charge in [0.15, 0.2) is 0 Å². The summed E-state index contributed by atoms with van der Waals surface area (Å²) in [7, 11) is 0. The molecule has 0 aliphatic heterocycles. The van der Waals surface area contributed by atoms with Crippen molar-refractivity contribution in [3.05, 3.63) is 35.9 Å². The standard InChI is InChI=1S/C11H7F3N4/c12-11(13,14)4-10-17-6-9(18-10)8-3-7(5-15)1-2-16-8/h1-3,6H,4H2,(H,17,18). The Hall–Kier alpha value is -2.36. The first-order valence-electron chi connectivity index (χ1n) is 4.95. The number of alkyl halides is 3. The molecule has 1 N–H and O–H groups in total. The van der Waals surface area contributed by atoms with E-state index in [-0.39, 0.29) is 11.5 Å². The number of halogens is 3. The van der Waals surface area contributed by atoms with Gasteiger partial charge in [-0.1, -0.05) is 0 Å². The highest BCUT2D eigenvalue weighted by atomic mass is 19.4. The van der Waals surface area contributed by atoms with Crippen LogP contribution in [-0.2, 0) is 6.42 Å². The molecule has 0 fully saturated rings. The topological polar surface area (TPSA) is 65.4 Å². The van der Waals surface area contributed by atoms with E-state index in [9.17, 15) is 13.2 Å². The first-order valence-corrected chi connectivity index (χ1v) is 4.95. The molecule has 0 atom stereocenters. The van der Waals surface area contributed by atoms with Crippen molar-refractivity contribution in [3.63, 3.8) is 0 Å². The van der Waals surface area contributed by atoms with Crippen LogP contribution in [-0.4, -0.2) is 21.1 Å². The van der Waals surface area contributed by atoms with Gasteiger partial charge in [0.05, 0.1) is 17.3 Å². The number of H-pyrrole nitrogens is 1. The average molecular weight is 252 g/mol. The second-order valence-corrected chi connectivity index (χ2v) is 3.57. The molecule has 0 aliphatic carbocycles. The van der Waals surface area contributed by atoms with Gasteiger partial charge < -0.3 is 4.98 Å². The van der Waals surface area contributed by atoms with Crippen molar-refractivity contribution in [1.82, 2.24) is 15.0 Å². The summed E-state index contributed by atoms with van der Waals surface area (Å²) in [6, 6.07) is 4.90. The van der Waals surface area contributed by atoms with Crippen molar-refractivity contribution in [1.29, 1.82) is 5.26 Å². The highest BCUT2D eigenvalue weighted by Crippen LogP contribution is 2.21. The van der Waals surface area contributed by atoms with Crippen LogP contribution in [0.1, 0.15) is 11.4 Å². The predicted molar refractivity (Wildman–Crippen MR) is 56.3 cm³/mol. The van der Waals surface area contributed by atoms with Gasteiger partial charge in [0.1, 0.15) is 17.9 Å². The smallest absolute Gasteiger partial charge is 0.348 e. The minimum absolute atomic E-state index is 0.179. The van der Waals surface area contributed by atoms with Crippen LogP contribution in [0.3, 0.4) is 0 Å². The van der Waals surface area contributed by atoms with Crippen LogP contribution in [0.5, 0.6) is 0 Å². The first kappa shape index (κ1) is 12.1. The first-order chi connectivity index (χ1) is 8.48. The van der Waals surface area contributed by atoms with Crippen molar-refractivity contribution < 1.29 is 13.2 Å². The third-order valence-corrected chi connectivity index (χ3v) is 2.15. The Balaban J connectivity index is 2.27. The number of aromatic nitrogens is 3. The molecule has 0 bridgehead atoms. The number of hydrogen-bond acceptors (Lipinski definition) is 3.